The number of nitrogens with zero attached hydrogens (tertiary/aromatic N) is 1. The van der Waals surface area contributed by atoms with Crippen LogP contribution in [-0.4, -0.2) is 18.1 Å². The highest BCUT2D eigenvalue weighted by atomic mass is 32.1. The number of hydrogen-bond donors (Lipinski definition) is 1. The lowest BCUT2D eigenvalue weighted by atomic mass is 9.86. The fraction of sp³-hybridized carbons (Fsp3) is 0.750. The van der Waals surface area contributed by atoms with Gasteiger partial charge in [0.25, 0.3) is 0 Å². The first-order valence-electron chi connectivity index (χ1n) is 5.97. The Morgan fingerprint density at radius 1 is 1.60 bits per heavy atom. The van der Waals surface area contributed by atoms with Crippen LogP contribution >= 0.6 is 11.3 Å². The predicted molar refractivity (Wildman–Crippen MR) is 65.7 cm³/mol. The molecule has 0 amide bonds. The van der Waals surface area contributed by atoms with E-state index >= 15 is 0 Å². The van der Waals surface area contributed by atoms with E-state index in [4.69, 9.17) is 4.98 Å². The van der Waals surface area contributed by atoms with E-state index < -0.39 is 0 Å². The standard InChI is InChI=1S/C12H20N2S/c1-3-13-7-9(2)11-8-15-12(14-11)10-5-4-6-10/h8-10,13H,3-7H2,1-2H3. The molecule has 1 aromatic rings. The van der Waals surface area contributed by atoms with Gasteiger partial charge in [0.1, 0.15) is 0 Å². The summed E-state index contributed by atoms with van der Waals surface area (Å²) in [5.41, 5.74) is 1.28. The molecule has 0 aliphatic heterocycles. The quantitative estimate of drug-likeness (QED) is 0.831. The van der Waals surface area contributed by atoms with Crippen molar-refractivity contribution in [2.45, 2.75) is 44.9 Å². The highest BCUT2D eigenvalue weighted by Gasteiger charge is 2.23. The maximum Gasteiger partial charge on any atom is 0.0959 e. The van der Waals surface area contributed by atoms with Crippen molar-refractivity contribution >= 4 is 11.3 Å². The van der Waals surface area contributed by atoms with Gasteiger partial charge in [-0.05, 0) is 19.4 Å². The van der Waals surface area contributed by atoms with Crippen molar-refractivity contribution in [2.24, 2.45) is 0 Å². The molecule has 1 N–H and O–H groups in total. The molecule has 1 atom stereocenters. The Bertz CT molecular complexity index is 304. The first kappa shape index (κ1) is 11.1. The molecule has 1 unspecified atom stereocenters. The molecule has 1 saturated carbocycles. The summed E-state index contributed by atoms with van der Waals surface area (Å²) in [5, 5.41) is 7.00. The van der Waals surface area contributed by atoms with Gasteiger partial charge in [-0.25, -0.2) is 4.98 Å². The molecule has 2 nitrogen and oxygen atoms in total. The highest BCUT2D eigenvalue weighted by molar-refractivity contribution is 7.09. The molecule has 3 heteroatoms. The highest BCUT2D eigenvalue weighted by Crippen LogP contribution is 2.38. The topological polar surface area (TPSA) is 24.9 Å². The molecule has 1 aromatic heterocycles. The molecule has 84 valence electrons. The Morgan fingerprint density at radius 3 is 3.00 bits per heavy atom. The third-order valence-electron chi connectivity index (χ3n) is 3.20. The van der Waals surface area contributed by atoms with Crippen LogP contribution in [0.2, 0.25) is 0 Å². The van der Waals surface area contributed by atoms with Crippen molar-refractivity contribution < 1.29 is 0 Å². The third-order valence-corrected chi connectivity index (χ3v) is 4.23. The van der Waals surface area contributed by atoms with E-state index in [0.29, 0.717) is 5.92 Å². The summed E-state index contributed by atoms with van der Waals surface area (Å²) in [7, 11) is 0. The molecular formula is C12H20N2S. The summed E-state index contributed by atoms with van der Waals surface area (Å²) >= 11 is 1.86. The molecule has 0 aromatic carbocycles. The Balaban J connectivity index is 1.93. The zero-order valence-electron chi connectivity index (χ0n) is 9.62. The van der Waals surface area contributed by atoms with Gasteiger partial charge in [0.15, 0.2) is 0 Å². The minimum Gasteiger partial charge on any atom is -0.316 e. The van der Waals surface area contributed by atoms with Crippen LogP contribution in [0.25, 0.3) is 0 Å². The van der Waals surface area contributed by atoms with Crippen LogP contribution in [0.3, 0.4) is 0 Å². The van der Waals surface area contributed by atoms with Crippen LogP contribution in [0, 0.1) is 0 Å². The SMILES string of the molecule is CCNCC(C)c1csc(C2CCC2)n1. The molecule has 2 rings (SSSR count). The zero-order chi connectivity index (χ0) is 10.7. The lowest BCUT2D eigenvalue weighted by Gasteiger charge is -2.22. The minimum absolute atomic E-state index is 0.551. The van der Waals surface area contributed by atoms with Crippen LogP contribution in [0.5, 0.6) is 0 Å². The van der Waals surface area contributed by atoms with Gasteiger partial charge in [-0.15, -0.1) is 11.3 Å². The number of hydrogen-bond acceptors (Lipinski definition) is 3. The monoisotopic (exact) mass is 224 g/mol. The van der Waals surface area contributed by atoms with Crippen LogP contribution in [0.15, 0.2) is 5.38 Å². The zero-order valence-corrected chi connectivity index (χ0v) is 10.4. The van der Waals surface area contributed by atoms with Crippen molar-refractivity contribution in [1.29, 1.82) is 0 Å². The first-order valence-corrected chi connectivity index (χ1v) is 6.85. The second-order valence-electron chi connectivity index (χ2n) is 4.45. The number of thiazole rings is 1. The lowest BCUT2D eigenvalue weighted by Crippen LogP contribution is -2.19. The average molecular weight is 224 g/mol. The minimum atomic E-state index is 0.551. The van der Waals surface area contributed by atoms with E-state index in [0.717, 1.165) is 19.0 Å². The van der Waals surface area contributed by atoms with Gasteiger partial charge in [-0.1, -0.05) is 20.3 Å². The van der Waals surface area contributed by atoms with E-state index in [1.807, 2.05) is 11.3 Å². The smallest absolute Gasteiger partial charge is 0.0959 e. The largest absolute Gasteiger partial charge is 0.316 e. The van der Waals surface area contributed by atoms with Crippen LogP contribution in [-0.2, 0) is 0 Å². The molecule has 1 aliphatic rings. The summed E-state index contributed by atoms with van der Waals surface area (Å²) < 4.78 is 0. The van der Waals surface area contributed by atoms with E-state index in [9.17, 15) is 0 Å². The van der Waals surface area contributed by atoms with Crippen molar-refractivity contribution in [1.82, 2.24) is 10.3 Å². The molecule has 0 saturated heterocycles. The molecule has 0 bridgehead atoms. The number of likely N-dealkylation sites (N-methyl/N-ethyl adjacent to an activating group) is 1. The van der Waals surface area contributed by atoms with Crippen LogP contribution < -0.4 is 5.32 Å². The Hall–Kier alpha value is -0.410. The predicted octanol–water partition coefficient (Wildman–Crippen LogP) is 3.12. The Labute approximate surface area is 96.1 Å². The van der Waals surface area contributed by atoms with Gasteiger partial charge in [0.2, 0.25) is 0 Å². The van der Waals surface area contributed by atoms with Crippen molar-refractivity contribution in [3.63, 3.8) is 0 Å². The lowest BCUT2D eigenvalue weighted by molar-refractivity contribution is 0.417. The van der Waals surface area contributed by atoms with Gasteiger partial charge in [-0.3, -0.25) is 0 Å². The summed E-state index contributed by atoms with van der Waals surface area (Å²) in [6, 6.07) is 0. The summed E-state index contributed by atoms with van der Waals surface area (Å²) in [6.45, 7) is 6.49. The van der Waals surface area contributed by atoms with Gasteiger partial charge in [-0.2, -0.15) is 0 Å². The van der Waals surface area contributed by atoms with Crippen molar-refractivity contribution in [3.05, 3.63) is 16.1 Å². The van der Waals surface area contributed by atoms with Gasteiger partial charge in [0.05, 0.1) is 10.7 Å². The summed E-state index contributed by atoms with van der Waals surface area (Å²) in [4.78, 5) is 4.76. The van der Waals surface area contributed by atoms with Gasteiger partial charge in [0, 0.05) is 23.8 Å². The molecule has 15 heavy (non-hydrogen) atoms. The first-order chi connectivity index (χ1) is 7.31. The summed E-state index contributed by atoms with van der Waals surface area (Å²) in [5.74, 6) is 1.34. The maximum atomic E-state index is 4.76. The fourth-order valence-corrected chi connectivity index (χ4v) is 2.95. The molecule has 0 spiro atoms. The number of rotatable bonds is 5. The number of aromatic nitrogens is 1. The molecule has 1 heterocycles. The molecule has 1 fully saturated rings. The molecule has 0 radical (unpaired) electrons. The summed E-state index contributed by atoms with van der Waals surface area (Å²) in [6.07, 6.45) is 4.11. The Morgan fingerprint density at radius 2 is 2.40 bits per heavy atom. The van der Waals surface area contributed by atoms with E-state index in [1.54, 1.807) is 0 Å². The van der Waals surface area contributed by atoms with E-state index in [2.05, 4.69) is 24.5 Å². The second kappa shape index (κ2) is 5.08. The Kier molecular flexibility index (Phi) is 3.76. The van der Waals surface area contributed by atoms with E-state index in [1.165, 1.54) is 30.0 Å². The fourth-order valence-electron chi connectivity index (χ4n) is 1.84. The molecule has 1 aliphatic carbocycles. The van der Waals surface area contributed by atoms with Crippen molar-refractivity contribution in [2.75, 3.05) is 13.1 Å². The normalized spacial score (nSPS) is 18.8. The molecular weight excluding hydrogens is 204 g/mol. The van der Waals surface area contributed by atoms with Crippen LogP contribution in [0.1, 0.15) is 55.6 Å². The average Bonchev–Trinajstić information content (AvgIpc) is 2.60. The van der Waals surface area contributed by atoms with Crippen molar-refractivity contribution in [3.8, 4) is 0 Å². The second-order valence-corrected chi connectivity index (χ2v) is 5.34. The van der Waals surface area contributed by atoms with Crippen LogP contribution in [0.4, 0.5) is 0 Å². The van der Waals surface area contributed by atoms with E-state index in [-0.39, 0.29) is 0 Å². The third kappa shape index (κ3) is 2.58. The van der Waals surface area contributed by atoms with Gasteiger partial charge < -0.3 is 5.32 Å². The number of nitrogens with one attached hydrogen (secondary N) is 1. The van der Waals surface area contributed by atoms with Gasteiger partial charge >= 0.3 is 0 Å². The maximum absolute atomic E-state index is 4.76.